The van der Waals surface area contributed by atoms with Crippen LogP contribution in [0, 0.1) is 0 Å². The first-order chi connectivity index (χ1) is 9.78. The van der Waals surface area contributed by atoms with Crippen molar-refractivity contribution in [1.29, 1.82) is 0 Å². The highest BCUT2D eigenvalue weighted by Gasteiger charge is 2.17. The summed E-state index contributed by atoms with van der Waals surface area (Å²) in [6.07, 6.45) is 0. The van der Waals surface area contributed by atoms with Gasteiger partial charge in [0.1, 0.15) is 5.15 Å². The Kier molecular flexibility index (Phi) is 4.77. The van der Waals surface area contributed by atoms with Crippen molar-refractivity contribution in [3.8, 4) is 0 Å². The smallest absolute Gasteiger partial charge is 0.238 e. The zero-order valence-corrected chi connectivity index (χ0v) is 13.3. The molecular formula is C11H8Cl3N3O3S. The topological polar surface area (TPSA) is 91.9 Å². The first-order valence-corrected chi connectivity index (χ1v) is 8.26. The van der Waals surface area contributed by atoms with Crippen LogP contribution in [-0.2, 0) is 15.8 Å². The third-order valence-corrected chi connectivity index (χ3v) is 4.64. The van der Waals surface area contributed by atoms with E-state index in [1.807, 2.05) is 0 Å². The third kappa shape index (κ3) is 4.10. The van der Waals surface area contributed by atoms with E-state index in [2.05, 4.69) is 14.9 Å². The number of halogens is 3. The summed E-state index contributed by atoms with van der Waals surface area (Å²) in [5.41, 5.74) is -0.346. The van der Waals surface area contributed by atoms with Crippen LogP contribution in [0.15, 0.2) is 29.1 Å². The molecular weight excluding hydrogens is 361 g/mol. The van der Waals surface area contributed by atoms with Crippen LogP contribution in [-0.4, -0.2) is 18.6 Å². The number of sulfonamides is 1. The van der Waals surface area contributed by atoms with E-state index in [0.29, 0.717) is 5.56 Å². The Hall–Kier alpha value is -1.28. The van der Waals surface area contributed by atoms with E-state index in [1.54, 1.807) is 12.1 Å². The second-order valence-electron chi connectivity index (χ2n) is 4.00. The molecule has 21 heavy (non-hydrogen) atoms. The standard InChI is InChI=1S/C11H8Cl3N3O3S/c12-7-3-1-2-6(10(7)14)5-21(19,20)17-11-8(18)4-9(13)15-16-11/h1-4H,5H2,(H,15,18)(H,16,17). The van der Waals surface area contributed by atoms with Gasteiger partial charge in [0.15, 0.2) is 0 Å². The van der Waals surface area contributed by atoms with Gasteiger partial charge in [-0.05, 0) is 11.6 Å². The number of anilines is 1. The summed E-state index contributed by atoms with van der Waals surface area (Å²) in [5.74, 6) is -0.826. The molecule has 2 N–H and O–H groups in total. The highest BCUT2D eigenvalue weighted by atomic mass is 35.5. The van der Waals surface area contributed by atoms with E-state index in [-0.39, 0.29) is 21.0 Å². The monoisotopic (exact) mass is 367 g/mol. The average Bonchev–Trinajstić information content (AvgIpc) is 2.38. The molecule has 0 amide bonds. The van der Waals surface area contributed by atoms with Crippen LogP contribution in [0.1, 0.15) is 5.56 Å². The van der Waals surface area contributed by atoms with Crippen molar-refractivity contribution in [2.75, 3.05) is 4.72 Å². The quantitative estimate of drug-likeness (QED) is 0.868. The molecule has 112 valence electrons. The van der Waals surface area contributed by atoms with E-state index < -0.39 is 21.2 Å². The van der Waals surface area contributed by atoms with Crippen LogP contribution in [0.5, 0.6) is 0 Å². The van der Waals surface area contributed by atoms with E-state index in [9.17, 15) is 13.2 Å². The fourth-order valence-electron chi connectivity index (χ4n) is 1.50. The number of hydrogen-bond acceptors (Lipinski definition) is 4. The summed E-state index contributed by atoms with van der Waals surface area (Å²) in [7, 11) is -3.88. The van der Waals surface area contributed by atoms with Gasteiger partial charge in [0, 0.05) is 6.07 Å². The molecule has 0 fully saturated rings. The van der Waals surface area contributed by atoms with Crippen molar-refractivity contribution in [3.63, 3.8) is 0 Å². The minimum Gasteiger partial charge on any atom is -0.286 e. The van der Waals surface area contributed by atoms with Crippen LogP contribution in [0.25, 0.3) is 0 Å². The first kappa shape index (κ1) is 16.1. The normalized spacial score (nSPS) is 11.4. The molecule has 10 heteroatoms. The molecule has 2 rings (SSSR count). The van der Waals surface area contributed by atoms with Gasteiger partial charge in [-0.25, -0.2) is 8.42 Å². The van der Waals surface area contributed by atoms with E-state index >= 15 is 0 Å². The molecule has 0 saturated carbocycles. The maximum absolute atomic E-state index is 12.0. The van der Waals surface area contributed by atoms with Crippen molar-refractivity contribution in [2.24, 2.45) is 0 Å². The summed E-state index contributed by atoms with van der Waals surface area (Å²) < 4.78 is 26.1. The number of nitrogens with one attached hydrogen (secondary N) is 2. The average molecular weight is 369 g/mol. The lowest BCUT2D eigenvalue weighted by molar-refractivity contribution is 0.600. The van der Waals surface area contributed by atoms with E-state index in [0.717, 1.165) is 6.07 Å². The molecule has 0 aliphatic carbocycles. The first-order valence-electron chi connectivity index (χ1n) is 5.47. The molecule has 0 bridgehead atoms. The van der Waals surface area contributed by atoms with Gasteiger partial charge in [-0.2, -0.15) is 5.10 Å². The zero-order valence-electron chi connectivity index (χ0n) is 10.2. The van der Waals surface area contributed by atoms with Crippen molar-refractivity contribution in [2.45, 2.75) is 5.75 Å². The summed E-state index contributed by atoms with van der Waals surface area (Å²) >= 11 is 17.3. The Balaban J connectivity index is 2.27. The van der Waals surface area contributed by atoms with Gasteiger partial charge in [0.25, 0.3) is 0 Å². The Bertz CT molecular complexity index is 836. The van der Waals surface area contributed by atoms with Crippen LogP contribution in [0.3, 0.4) is 0 Å². The lowest BCUT2D eigenvalue weighted by Crippen LogP contribution is -2.21. The fraction of sp³-hybridized carbons (Fsp3) is 0.0909. The Morgan fingerprint density at radius 3 is 2.62 bits per heavy atom. The SMILES string of the molecule is O=c1cc(Cl)[nH]nc1NS(=O)(=O)Cc1cccc(Cl)c1Cl. The number of aromatic amines is 1. The minimum absolute atomic E-state index is 0.000772. The maximum Gasteiger partial charge on any atom is 0.238 e. The third-order valence-electron chi connectivity index (χ3n) is 2.39. The molecule has 1 heterocycles. The highest BCUT2D eigenvalue weighted by Crippen LogP contribution is 2.27. The second kappa shape index (κ2) is 6.23. The van der Waals surface area contributed by atoms with Crippen LogP contribution < -0.4 is 10.2 Å². The van der Waals surface area contributed by atoms with Gasteiger partial charge in [-0.15, -0.1) is 0 Å². The van der Waals surface area contributed by atoms with Crippen LogP contribution >= 0.6 is 34.8 Å². The second-order valence-corrected chi connectivity index (χ2v) is 6.92. The van der Waals surface area contributed by atoms with Gasteiger partial charge < -0.3 is 0 Å². The fourth-order valence-corrected chi connectivity index (χ4v) is 3.27. The molecule has 1 aromatic heterocycles. The predicted molar refractivity (Wildman–Crippen MR) is 82.6 cm³/mol. The summed E-state index contributed by atoms with van der Waals surface area (Å²) in [4.78, 5) is 11.6. The van der Waals surface area contributed by atoms with Gasteiger partial charge in [-0.3, -0.25) is 14.6 Å². The number of H-pyrrole nitrogens is 1. The molecule has 6 nitrogen and oxygen atoms in total. The highest BCUT2D eigenvalue weighted by molar-refractivity contribution is 7.91. The number of hydrogen-bond donors (Lipinski definition) is 2. The van der Waals surface area contributed by atoms with Crippen molar-refractivity contribution in [1.82, 2.24) is 10.2 Å². The number of aromatic nitrogens is 2. The number of nitrogens with zero attached hydrogens (tertiary/aromatic N) is 1. The number of benzene rings is 1. The van der Waals surface area contributed by atoms with Crippen molar-refractivity contribution >= 4 is 50.6 Å². The lowest BCUT2D eigenvalue weighted by atomic mass is 10.2. The van der Waals surface area contributed by atoms with Crippen LogP contribution in [0.4, 0.5) is 5.82 Å². The minimum atomic E-state index is -3.88. The zero-order chi connectivity index (χ0) is 15.6. The van der Waals surface area contributed by atoms with Gasteiger partial charge in [-0.1, -0.05) is 46.9 Å². The van der Waals surface area contributed by atoms with Crippen molar-refractivity contribution < 1.29 is 8.42 Å². The van der Waals surface area contributed by atoms with Gasteiger partial charge in [0.2, 0.25) is 21.3 Å². The van der Waals surface area contributed by atoms with E-state index in [4.69, 9.17) is 34.8 Å². The molecule has 2 aromatic rings. The number of rotatable bonds is 4. The molecule has 0 aliphatic rings. The predicted octanol–water partition coefficient (Wildman–Crippen LogP) is 2.67. The van der Waals surface area contributed by atoms with Gasteiger partial charge in [0.05, 0.1) is 15.8 Å². The molecule has 1 aromatic carbocycles. The molecule has 0 aliphatic heterocycles. The van der Waals surface area contributed by atoms with E-state index in [1.165, 1.54) is 6.07 Å². The summed E-state index contributed by atoms with van der Waals surface area (Å²) in [5, 5.41) is 6.20. The molecule has 0 unspecified atom stereocenters. The Morgan fingerprint density at radius 2 is 1.95 bits per heavy atom. The van der Waals surface area contributed by atoms with Gasteiger partial charge >= 0.3 is 0 Å². The molecule has 0 atom stereocenters. The summed E-state index contributed by atoms with van der Waals surface area (Å²) in [6, 6.07) is 5.65. The Morgan fingerprint density at radius 1 is 1.24 bits per heavy atom. The maximum atomic E-state index is 12.0. The summed E-state index contributed by atoms with van der Waals surface area (Å²) in [6.45, 7) is 0. The lowest BCUT2D eigenvalue weighted by Gasteiger charge is -2.08. The Labute approximate surface area is 135 Å². The molecule has 0 saturated heterocycles. The molecule has 0 spiro atoms. The molecule has 0 radical (unpaired) electrons. The largest absolute Gasteiger partial charge is 0.286 e. The van der Waals surface area contributed by atoms with Crippen LogP contribution in [0.2, 0.25) is 15.2 Å². The van der Waals surface area contributed by atoms with Crippen molar-refractivity contribution in [3.05, 3.63) is 55.3 Å².